The van der Waals surface area contributed by atoms with Crippen molar-refractivity contribution in [3.05, 3.63) is 41.1 Å². The van der Waals surface area contributed by atoms with Crippen LogP contribution in [0.15, 0.2) is 24.3 Å². The molecule has 0 aliphatic heterocycles. The second kappa shape index (κ2) is 8.81. The number of aromatic nitrogens is 1. The molecule has 30 heavy (non-hydrogen) atoms. The summed E-state index contributed by atoms with van der Waals surface area (Å²) in [5.74, 6) is -1.19. The van der Waals surface area contributed by atoms with Crippen LogP contribution in [0.5, 0.6) is 0 Å². The minimum absolute atomic E-state index is 0.0928. The molecule has 0 bridgehead atoms. The lowest BCUT2D eigenvalue weighted by Gasteiger charge is -2.23. The molecule has 158 valence electrons. The van der Waals surface area contributed by atoms with Crippen LogP contribution in [0.2, 0.25) is 0 Å². The normalized spacial score (nSPS) is 17.2. The van der Waals surface area contributed by atoms with Crippen molar-refractivity contribution in [3.8, 4) is 0 Å². The predicted octanol–water partition coefficient (Wildman–Crippen LogP) is 3.43. The second-order valence-corrected chi connectivity index (χ2v) is 8.13. The number of para-hydroxylation sites is 1. The van der Waals surface area contributed by atoms with Crippen LogP contribution in [0.1, 0.15) is 67.1 Å². The summed E-state index contributed by atoms with van der Waals surface area (Å²) >= 11 is 0. The van der Waals surface area contributed by atoms with Crippen molar-refractivity contribution in [1.29, 1.82) is 0 Å². The zero-order valence-corrected chi connectivity index (χ0v) is 17.2. The zero-order valence-electron chi connectivity index (χ0n) is 17.2. The molecule has 1 aromatic carbocycles. The van der Waals surface area contributed by atoms with E-state index in [0.29, 0.717) is 5.56 Å². The molecule has 1 saturated carbocycles. The maximum Gasteiger partial charge on any atom is 0.339 e. The van der Waals surface area contributed by atoms with Crippen LogP contribution in [0, 0.1) is 0 Å². The van der Waals surface area contributed by atoms with Gasteiger partial charge in [0.15, 0.2) is 6.10 Å². The quantitative estimate of drug-likeness (QED) is 0.754. The monoisotopic (exact) mass is 409 g/mol. The van der Waals surface area contributed by atoms with Gasteiger partial charge in [0.25, 0.3) is 5.91 Å². The number of carbonyl (C=O) groups excluding carboxylic acids is 3. The number of nitrogens with zero attached hydrogens (tertiary/aromatic N) is 1. The largest absolute Gasteiger partial charge is 0.449 e. The first-order valence-corrected chi connectivity index (χ1v) is 10.8. The highest BCUT2D eigenvalue weighted by Gasteiger charge is 2.28. The van der Waals surface area contributed by atoms with Crippen LogP contribution in [0.4, 0.5) is 4.79 Å². The zero-order chi connectivity index (χ0) is 21.1. The fourth-order valence-electron chi connectivity index (χ4n) is 4.40. The Balaban J connectivity index is 1.43. The number of ether oxygens (including phenoxy) is 1. The third kappa shape index (κ3) is 4.30. The number of esters is 1. The first-order chi connectivity index (χ1) is 14.5. The van der Waals surface area contributed by atoms with Crippen molar-refractivity contribution in [3.63, 3.8) is 0 Å². The molecule has 7 heteroatoms. The van der Waals surface area contributed by atoms with E-state index in [1.54, 1.807) is 0 Å². The Morgan fingerprint density at radius 1 is 1.07 bits per heavy atom. The van der Waals surface area contributed by atoms with E-state index < -0.39 is 24.0 Å². The number of hydrogen-bond acceptors (Lipinski definition) is 5. The molecule has 2 aromatic rings. The number of rotatable bonds is 4. The number of aryl methyl sites for hydroxylation is 1. The third-order valence-electron chi connectivity index (χ3n) is 5.95. The molecular formula is C23H27N3O4. The van der Waals surface area contributed by atoms with Crippen LogP contribution in [-0.2, 0) is 22.4 Å². The summed E-state index contributed by atoms with van der Waals surface area (Å²) in [6.45, 7) is 1.48. The smallest absolute Gasteiger partial charge is 0.339 e. The van der Waals surface area contributed by atoms with Crippen LogP contribution >= 0.6 is 0 Å². The lowest BCUT2D eigenvalue weighted by Crippen LogP contribution is -2.48. The highest BCUT2D eigenvalue weighted by atomic mass is 16.5. The number of pyridine rings is 1. The fourth-order valence-corrected chi connectivity index (χ4v) is 4.40. The minimum atomic E-state index is -1.08. The van der Waals surface area contributed by atoms with Crippen molar-refractivity contribution >= 4 is 28.8 Å². The predicted molar refractivity (Wildman–Crippen MR) is 112 cm³/mol. The minimum Gasteiger partial charge on any atom is -0.449 e. The van der Waals surface area contributed by atoms with Gasteiger partial charge < -0.3 is 10.1 Å². The van der Waals surface area contributed by atoms with Gasteiger partial charge >= 0.3 is 12.0 Å². The molecule has 0 unspecified atom stereocenters. The van der Waals surface area contributed by atoms with Crippen LogP contribution in [0.3, 0.4) is 0 Å². The molecule has 7 nitrogen and oxygen atoms in total. The molecule has 1 atom stereocenters. The van der Waals surface area contributed by atoms with Crippen LogP contribution in [-0.4, -0.2) is 35.0 Å². The summed E-state index contributed by atoms with van der Waals surface area (Å²) in [6, 6.07) is 7.01. The molecule has 0 spiro atoms. The Kier molecular flexibility index (Phi) is 5.97. The van der Waals surface area contributed by atoms with E-state index in [0.717, 1.165) is 67.1 Å². The number of benzene rings is 1. The molecule has 3 amide bonds. The van der Waals surface area contributed by atoms with Crippen molar-refractivity contribution in [2.24, 2.45) is 0 Å². The topological polar surface area (TPSA) is 97.4 Å². The summed E-state index contributed by atoms with van der Waals surface area (Å²) < 4.78 is 5.46. The van der Waals surface area contributed by atoms with E-state index in [1.807, 2.05) is 24.3 Å². The third-order valence-corrected chi connectivity index (χ3v) is 5.95. The molecule has 1 heterocycles. The Labute approximate surface area is 175 Å². The molecule has 0 radical (unpaired) electrons. The lowest BCUT2D eigenvalue weighted by molar-refractivity contribution is -0.127. The summed E-state index contributed by atoms with van der Waals surface area (Å²) in [4.78, 5) is 42.2. The average molecular weight is 409 g/mol. The number of amides is 3. The highest BCUT2D eigenvalue weighted by Crippen LogP contribution is 2.30. The molecule has 2 aliphatic carbocycles. The standard InChI is InChI=1S/C23H27N3O4/c1-14(21(27)26-23(29)24-15-8-3-2-4-9-15)30-22(28)20-16-10-5-6-12-18(16)25-19-13-7-11-17(19)20/h5-6,10,12,14-15H,2-4,7-9,11,13H2,1H3,(H2,24,26,27,29)/t14-/m0/s1. The van der Waals surface area contributed by atoms with Gasteiger partial charge in [-0.3, -0.25) is 15.1 Å². The number of nitrogens with one attached hydrogen (secondary N) is 2. The number of fused-ring (bicyclic) bond motifs is 2. The van der Waals surface area contributed by atoms with Gasteiger partial charge in [0.2, 0.25) is 0 Å². The van der Waals surface area contributed by atoms with Crippen molar-refractivity contribution in [1.82, 2.24) is 15.6 Å². The Hall–Kier alpha value is -2.96. The van der Waals surface area contributed by atoms with Crippen molar-refractivity contribution in [2.75, 3.05) is 0 Å². The SMILES string of the molecule is C[C@H](OC(=O)c1c2c(nc3ccccc13)CCC2)C(=O)NC(=O)NC1CCCCC1. The Morgan fingerprint density at radius 3 is 2.63 bits per heavy atom. The van der Waals surface area contributed by atoms with Gasteiger partial charge in [0.05, 0.1) is 11.1 Å². The van der Waals surface area contributed by atoms with Gasteiger partial charge in [-0.2, -0.15) is 0 Å². The highest BCUT2D eigenvalue weighted by molar-refractivity contribution is 6.06. The summed E-state index contributed by atoms with van der Waals surface area (Å²) in [6.07, 6.45) is 6.64. The van der Waals surface area contributed by atoms with Gasteiger partial charge in [-0.25, -0.2) is 9.59 Å². The van der Waals surface area contributed by atoms with Gasteiger partial charge in [-0.1, -0.05) is 37.5 Å². The van der Waals surface area contributed by atoms with E-state index in [-0.39, 0.29) is 6.04 Å². The first-order valence-electron chi connectivity index (χ1n) is 10.8. The Morgan fingerprint density at radius 2 is 1.83 bits per heavy atom. The summed E-state index contributed by atoms with van der Waals surface area (Å²) in [5.41, 5.74) is 3.06. The van der Waals surface area contributed by atoms with E-state index in [4.69, 9.17) is 4.74 Å². The molecule has 0 saturated heterocycles. The van der Waals surface area contributed by atoms with Gasteiger partial charge in [-0.15, -0.1) is 0 Å². The van der Waals surface area contributed by atoms with Crippen molar-refractivity contribution in [2.45, 2.75) is 70.4 Å². The number of imide groups is 1. The number of urea groups is 1. The molecule has 1 aromatic heterocycles. The van der Waals surface area contributed by atoms with E-state index in [2.05, 4.69) is 15.6 Å². The van der Waals surface area contributed by atoms with Crippen LogP contribution in [0.25, 0.3) is 10.9 Å². The van der Waals surface area contributed by atoms with Gasteiger partial charge in [0, 0.05) is 17.1 Å². The first kappa shape index (κ1) is 20.3. The molecular weight excluding hydrogens is 382 g/mol. The molecule has 1 fully saturated rings. The maximum absolute atomic E-state index is 13.0. The second-order valence-electron chi connectivity index (χ2n) is 8.13. The molecule has 2 N–H and O–H groups in total. The van der Waals surface area contributed by atoms with Gasteiger partial charge in [0.1, 0.15) is 0 Å². The van der Waals surface area contributed by atoms with Crippen molar-refractivity contribution < 1.29 is 19.1 Å². The average Bonchev–Trinajstić information content (AvgIpc) is 3.20. The lowest BCUT2D eigenvalue weighted by atomic mass is 9.96. The maximum atomic E-state index is 13.0. The van der Waals surface area contributed by atoms with Gasteiger partial charge in [-0.05, 0) is 50.7 Å². The fraction of sp³-hybridized carbons (Fsp3) is 0.478. The molecule has 2 aliphatic rings. The summed E-state index contributed by atoms with van der Waals surface area (Å²) in [5, 5.41) is 5.85. The summed E-state index contributed by atoms with van der Waals surface area (Å²) in [7, 11) is 0. The Bertz CT molecular complexity index is 982. The van der Waals surface area contributed by atoms with E-state index >= 15 is 0 Å². The van der Waals surface area contributed by atoms with Crippen LogP contribution < -0.4 is 10.6 Å². The van der Waals surface area contributed by atoms with E-state index in [1.165, 1.54) is 13.3 Å². The van der Waals surface area contributed by atoms with E-state index in [9.17, 15) is 14.4 Å². The molecule has 4 rings (SSSR count). The number of carbonyl (C=O) groups is 3. The number of hydrogen-bond donors (Lipinski definition) is 2.